The van der Waals surface area contributed by atoms with Crippen LogP contribution in [-0.4, -0.2) is 22.5 Å². The zero-order valence-electron chi connectivity index (χ0n) is 18.3. The first-order valence-corrected chi connectivity index (χ1v) is 10.1. The van der Waals surface area contributed by atoms with Gasteiger partial charge < -0.3 is 9.84 Å². The number of carboxylic acids is 1. The third-order valence-corrected chi connectivity index (χ3v) is 5.61. The van der Waals surface area contributed by atoms with Gasteiger partial charge in [-0.1, -0.05) is 56.3 Å². The van der Waals surface area contributed by atoms with Gasteiger partial charge in [0.2, 0.25) is 0 Å². The van der Waals surface area contributed by atoms with Crippen molar-refractivity contribution in [3.8, 4) is 5.75 Å². The molecule has 2 aromatic rings. The Kier molecular flexibility index (Phi) is 7.23. The average Bonchev–Trinajstić information content (AvgIpc) is 2.68. The van der Waals surface area contributed by atoms with Crippen molar-refractivity contribution in [1.82, 2.24) is 0 Å². The summed E-state index contributed by atoms with van der Waals surface area (Å²) in [4.78, 5) is 24.0. The normalized spacial score (nSPS) is 13.6. The van der Waals surface area contributed by atoms with Crippen LogP contribution in [0, 0.1) is 25.7 Å². The van der Waals surface area contributed by atoms with Crippen LogP contribution in [-0.2, 0) is 11.2 Å². The van der Waals surface area contributed by atoms with Gasteiger partial charge in [0.15, 0.2) is 11.4 Å². The summed E-state index contributed by atoms with van der Waals surface area (Å²) < 4.78 is 5.78. The Balaban J connectivity index is 2.05. The molecule has 29 heavy (non-hydrogen) atoms. The second-order valence-electron chi connectivity index (χ2n) is 8.51. The number of carbonyl (C=O) groups is 2. The lowest BCUT2D eigenvalue weighted by atomic mass is 9.84. The first-order chi connectivity index (χ1) is 13.5. The lowest BCUT2D eigenvalue weighted by Crippen LogP contribution is -2.38. The molecule has 0 aromatic heterocycles. The molecular formula is C25H32O4. The van der Waals surface area contributed by atoms with E-state index in [2.05, 4.69) is 19.1 Å². The zero-order valence-corrected chi connectivity index (χ0v) is 18.3. The molecule has 0 saturated carbocycles. The molecule has 0 aliphatic carbocycles. The molecule has 0 bridgehead atoms. The highest BCUT2D eigenvalue weighted by Crippen LogP contribution is 2.30. The second kappa shape index (κ2) is 9.25. The van der Waals surface area contributed by atoms with E-state index in [1.807, 2.05) is 51.1 Å². The Morgan fingerprint density at radius 2 is 1.59 bits per heavy atom. The van der Waals surface area contributed by atoms with Crippen LogP contribution in [0.15, 0.2) is 42.5 Å². The third-order valence-electron chi connectivity index (χ3n) is 5.61. The van der Waals surface area contributed by atoms with Gasteiger partial charge in [0.1, 0.15) is 5.75 Å². The van der Waals surface area contributed by atoms with E-state index >= 15 is 0 Å². The van der Waals surface area contributed by atoms with E-state index in [-0.39, 0.29) is 17.6 Å². The van der Waals surface area contributed by atoms with Crippen molar-refractivity contribution in [2.75, 3.05) is 0 Å². The smallest absolute Gasteiger partial charge is 0.347 e. The molecule has 2 aromatic carbocycles. The fourth-order valence-electron chi connectivity index (χ4n) is 3.41. The Morgan fingerprint density at radius 1 is 1.03 bits per heavy atom. The molecule has 0 saturated heterocycles. The van der Waals surface area contributed by atoms with Gasteiger partial charge in [0.25, 0.3) is 0 Å². The first-order valence-electron chi connectivity index (χ1n) is 10.1. The summed E-state index contributed by atoms with van der Waals surface area (Å²) in [5.41, 5.74) is 2.51. The third kappa shape index (κ3) is 5.69. The van der Waals surface area contributed by atoms with Crippen molar-refractivity contribution in [3.63, 3.8) is 0 Å². The van der Waals surface area contributed by atoms with Crippen LogP contribution in [0.3, 0.4) is 0 Å². The molecule has 2 rings (SSSR count). The Morgan fingerprint density at radius 3 is 2.10 bits per heavy atom. The van der Waals surface area contributed by atoms with E-state index in [1.165, 1.54) is 5.56 Å². The Bertz CT molecular complexity index is 845. The highest BCUT2D eigenvalue weighted by molar-refractivity contribution is 5.97. The molecule has 0 amide bonds. The van der Waals surface area contributed by atoms with Crippen molar-refractivity contribution in [1.29, 1.82) is 0 Å². The van der Waals surface area contributed by atoms with E-state index in [1.54, 1.807) is 13.8 Å². The van der Waals surface area contributed by atoms with Crippen molar-refractivity contribution in [3.05, 3.63) is 64.7 Å². The average molecular weight is 397 g/mol. The van der Waals surface area contributed by atoms with Crippen molar-refractivity contribution < 1.29 is 19.4 Å². The summed E-state index contributed by atoms with van der Waals surface area (Å²) in [7, 11) is 0. The zero-order chi connectivity index (χ0) is 21.8. The lowest BCUT2D eigenvalue weighted by Gasteiger charge is -2.25. The Hall–Kier alpha value is -2.62. The van der Waals surface area contributed by atoms with Crippen LogP contribution in [0.1, 0.15) is 61.2 Å². The largest absolute Gasteiger partial charge is 0.478 e. The van der Waals surface area contributed by atoms with Gasteiger partial charge in [-0.2, -0.15) is 0 Å². The van der Waals surface area contributed by atoms with Crippen LogP contribution in [0.2, 0.25) is 0 Å². The highest BCUT2D eigenvalue weighted by Gasteiger charge is 2.30. The Labute approximate surface area is 173 Å². The number of benzene rings is 2. The number of rotatable bonds is 9. The number of carboxylic acid groups (broad SMARTS) is 1. The van der Waals surface area contributed by atoms with Crippen molar-refractivity contribution in [2.24, 2.45) is 11.8 Å². The van der Waals surface area contributed by atoms with Gasteiger partial charge in [-0.25, -0.2) is 4.79 Å². The molecule has 0 radical (unpaired) electrons. The maximum Gasteiger partial charge on any atom is 0.347 e. The summed E-state index contributed by atoms with van der Waals surface area (Å²) in [6.45, 7) is 11.1. The van der Waals surface area contributed by atoms with Crippen LogP contribution < -0.4 is 4.74 Å². The standard InChI is InChI=1S/C25H32O4/c1-16(19(4)22(26)21-10-8-7-9-11-21)12-13-20-14-17(2)23(18(3)15-20)29-25(5,6)24(27)28/h7-11,14-16,19H,12-13H2,1-6H3,(H,27,28)/t16-,19+/m0/s1. The van der Waals surface area contributed by atoms with Gasteiger partial charge in [-0.3, -0.25) is 4.79 Å². The van der Waals surface area contributed by atoms with E-state index in [4.69, 9.17) is 4.74 Å². The SMILES string of the molecule is Cc1cc(CC[C@H](C)[C@@H](C)C(=O)c2ccccc2)cc(C)c1OC(C)(C)C(=O)O. The molecule has 0 aliphatic heterocycles. The van der Waals surface area contributed by atoms with Crippen LogP contribution >= 0.6 is 0 Å². The van der Waals surface area contributed by atoms with E-state index in [0.29, 0.717) is 5.75 Å². The molecule has 156 valence electrons. The quantitative estimate of drug-likeness (QED) is 0.558. The van der Waals surface area contributed by atoms with Crippen molar-refractivity contribution in [2.45, 2.75) is 60.0 Å². The number of aliphatic carboxylic acids is 1. The molecule has 0 heterocycles. The minimum atomic E-state index is -1.28. The van der Waals surface area contributed by atoms with Gasteiger partial charge in [0, 0.05) is 11.5 Å². The topological polar surface area (TPSA) is 63.6 Å². The molecule has 0 fully saturated rings. The monoisotopic (exact) mass is 396 g/mol. The molecule has 2 atom stereocenters. The number of ether oxygens (including phenoxy) is 1. The summed E-state index contributed by atoms with van der Waals surface area (Å²) >= 11 is 0. The molecule has 0 unspecified atom stereocenters. The molecule has 0 spiro atoms. The number of hydrogen-bond donors (Lipinski definition) is 1. The number of aryl methyl sites for hydroxylation is 3. The fraction of sp³-hybridized carbons (Fsp3) is 0.440. The highest BCUT2D eigenvalue weighted by atomic mass is 16.5. The van der Waals surface area contributed by atoms with Gasteiger partial charge in [-0.15, -0.1) is 0 Å². The fourth-order valence-corrected chi connectivity index (χ4v) is 3.41. The first kappa shape index (κ1) is 22.7. The maximum absolute atomic E-state index is 12.7. The second-order valence-corrected chi connectivity index (χ2v) is 8.51. The van der Waals surface area contributed by atoms with Crippen molar-refractivity contribution >= 4 is 11.8 Å². The molecule has 4 heteroatoms. The van der Waals surface area contributed by atoms with E-state index in [0.717, 1.165) is 29.5 Å². The van der Waals surface area contributed by atoms with Gasteiger partial charge in [-0.05, 0) is 63.1 Å². The molecule has 1 N–H and O–H groups in total. The number of hydrogen-bond acceptors (Lipinski definition) is 3. The molecule has 0 aliphatic rings. The number of ketones is 1. The molecular weight excluding hydrogens is 364 g/mol. The van der Waals surface area contributed by atoms with E-state index in [9.17, 15) is 14.7 Å². The summed E-state index contributed by atoms with van der Waals surface area (Å²) in [6.07, 6.45) is 1.76. The van der Waals surface area contributed by atoms with E-state index < -0.39 is 11.6 Å². The van der Waals surface area contributed by atoms with Crippen LogP contribution in [0.4, 0.5) is 0 Å². The predicted octanol–water partition coefficient (Wildman–Crippen LogP) is 5.63. The van der Waals surface area contributed by atoms with Gasteiger partial charge >= 0.3 is 5.97 Å². The minimum Gasteiger partial charge on any atom is -0.478 e. The number of Topliss-reactive ketones (excluding diaryl/α,β-unsaturated/α-hetero) is 1. The van der Waals surface area contributed by atoms with Gasteiger partial charge in [0.05, 0.1) is 0 Å². The van der Waals surface area contributed by atoms with Crippen LogP contribution in [0.5, 0.6) is 5.75 Å². The number of carbonyl (C=O) groups excluding carboxylic acids is 1. The molecule has 4 nitrogen and oxygen atoms in total. The summed E-state index contributed by atoms with van der Waals surface area (Å²) in [6, 6.07) is 13.6. The summed E-state index contributed by atoms with van der Waals surface area (Å²) in [5, 5.41) is 9.31. The lowest BCUT2D eigenvalue weighted by molar-refractivity contribution is -0.152. The predicted molar refractivity (Wildman–Crippen MR) is 116 cm³/mol. The van der Waals surface area contributed by atoms with Crippen LogP contribution in [0.25, 0.3) is 0 Å². The summed E-state index contributed by atoms with van der Waals surface area (Å²) in [5.74, 6) is 0.0296. The minimum absolute atomic E-state index is 0.0430. The maximum atomic E-state index is 12.7.